The molecule has 1 amide bonds. The monoisotopic (exact) mass is 244 g/mol. The Bertz CT molecular complexity index is 280. The molecule has 0 fully saturated rings. The molecule has 0 heterocycles. The molecule has 0 spiro atoms. The quantitative estimate of drug-likeness (QED) is 0.698. The molecule has 0 aromatic rings. The van der Waals surface area contributed by atoms with Crippen LogP contribution in [0.3, 0.4) is 0 Å². The summed E-state index contributed by atoms with van der Waals surface area (Å²) in [6.45, 7) is 9.89. The Kier molecular flexibility index (Phi) is 5.61. The van der Waals surface area contributed by atoms with Crippen LogP contribution >= 0.6 is 0 Å². The van der Waals surface area contributed by atoms with Gasteiger partial charge < -0.3 is 15.4 Å². The second-order valence-electron chi connectivity index (χ2n) is 5.78. The van der Waals surface area contributed by atoms with Crippen LogP contribution in [0.15, 0.2) is 0 Å². The third-order valence-corrected chi connectivity index (χ3v) is 2.10. The molecule has 0 atom stereocenters. The Morgan fingerprint density at radius 3 is 2.06 bits per heavy atom. The fourth-order valence-electron chi connectivity index (χ4n) is 1.30. The van der Waals surface area contributed by atoms with Gasteiger partial charge in [-0.15, -0.1) is 0 Å². The number of methoxy groups -OCH3 is 1. The molecule has 0 aliphatic heterocycles. The van der Waals surface area contributed by atoms with E-state index < -0.39 is 5.41 Å². The predicted octanol–water partition coefficient (Wildman–Crippen LogP) is 0.690. The van der Waals surface area contributed by atoms with Gasteiger partial charge >= 0.3 is 5.97 Å². The Hall–Kier alpha value is -1.10. The molecule has 5 nitrogen and oxygen atoms in total. The van der Waals surface area contributed by atoms with Gasteiger partial charge in [-0.3, -0.25) is 9.59 Å². The van der Waals surface area contributed by atoms with Crippen molar-refractivity contribution >= 4 is 11.9 Å². The lowest BCUT2D eigenvalue weighted by Crippen LogP contribution is -2.47. The average molecular weight is 244 g/mol. The van der Waals surface area contributed by atoms with Crippen LogP contribution in [0.4, 0.5) is 0 Å². The van der Waals surface area contributed by atoms with Crippen LogP contribution in [0, 0.1) is 5.41 Å². The summed E-state index contributed by atoms with van der Waals surface area (Å²) >= 11 is 0. The highest BCUT2D eigenvalue weighted by Crippen LogP contribution is 2.14. The van der Waals surface area contributed by atoms with Crippen molar-refractivity contribution in [2.45, 2.75) is 40.2 Å². The zero-order valence-electron chi connectivity index (χ0n) is 11.6. The maximum Gasteiger partial charge on any atom is 0.312 e. The van der Waals surface area contributed by atoms with Gasteiger partial charge in [0, 0.05) is 12.1 Å². The SMILES string of the molecule is COC(=O)C(C)(C)CNCC(=O)NC(C)(C)C. The van der Waals surface area contributed by atoms with Crippen molar-refractivity contribution < 1.29 is 14.3 Å². The van der Waals surface area contributed by atoms with Gasteiger partial charge in [-0.1, -0.05) is 0 Å². The molecule has 0 radical (unpaired) electrons. The van der Waals surface area contributed by atoms with Crippen LogP contribution in [0.5, 0.6) is 0 Å². The smallest absolute Gasteiger partial charge is 0.312 e. The van der Waals surface area contributed by atoms with E-state index in [2.05, 4.69) is 15.4 Å². The lowest BCUT2D eigenvalue weighted by Gasteiger charge is -2.23. The van der Waals surface area contributed by atoms with Crippen LogP contribution in [-0.4, -0.2) is 37.6 Å². The number of rotatable bonds is 5. The lowest BCUT2D eigenvalue weighted by molar-refractivity contribution is -0.150. The molecule has 0 aromatic heterocycles. The zero-order chi connectivity index (χ0) is 13.7. The minimum absolute atomic E-state index is 0.0850. The Labute approximate surface area is 103 Å². The van der Waals surface area contributed by atoms with Crippen LogP contribution < -0.4 is 10.6 Å². The average Bonchev–Trinajstić information content (AvgIpc) is 2.13. The summed E-state index contributed by atoms with van der Waals surface area (Å²) in [5.74, 6) is -0.376. The first kappa shape index (κ1) is 15.9. The molecule has 0 aliphatic rings. The molecule has 100 valence electrons. The number of nitrogens with one attached hydrogen (secondary N) is 2. The molecule has 0 aromatic carbocycles. The van der Waals surface area contributed by atoms with E-state index >= 15 is 0 Å². The van der Waals surface area contributed by atoms with E-state index in [1.165, 1.54) is 7.11 Å². The van der Waals surface area contributed by atoms with E-state index in [4.69, 9.17) is 0 Å². The molecule has 2 N–H and O–H groups in total. The number of amides is 1. The Balaban J connectivity index is 4.00. The lowest BCUT2D eigenvalue weighted by atomic mass is 9.94. The summed E-state index contributed by atoms with van der Waals surface area (Å²) in [6, 6.07) is 0. The van der Waals surface area contributed by atoms with Crippen molar-refractivity contribution in [2.75, 3.05) is 20.2 Å². The molecule has 0 bridgehead atoms. The number of ether oxygens (including phenoxy) is 1. The molecular formula is C12H24N2O3. The van der Waals surface area contributed by atoms with Crippen LogP contribution in [0.1, 0.15) is 34.6 Å². The second-order valence-corrected chi connectivity index (χ2v) is 5.78. The molecule has 0 aliphatic carbocycles. The fraction of sp³-hybridized carbons (Fsp3) is 0.833. The molecule has 0 saturated heterocycles. The molecule has 17 heavy (non-hydrogen) atoms. The normalized spacial score (nSPS) is 12.1. The number of carbonyl (C=O) groups is 2. The van der Waals surface area contributed by atoms with E-state index in [9.17, 15) is 9.59 Å². The van der Waals surface area contributed by atoms with E-state index in [0.717, 1.165) is 0 Å². The standard InChI is InChI=1S/C12H24N2O3/c1-11(2,3)14-9(15)7-13-8-12(4,5)10(16)17-6/h13H,7-8H2,1-6H3,(H,14,15). The van der Waals surface area contributed by atoms with Gasteiger partial charge in [-0.05, 0) is 34.6 Å². The summed E-state index contributed by atoms with van der Waals surface area (Å²) in [6.07, 6.45) is 0. The zero-order valence-corrected chi connectivity index (χ0v) is 11.6. The number of hydrogen-bond acceptors (Lipinski definition) is 4. The highest BCUT2D eigenvalue weighted by Gasteiger charge is 2.28. The first-order chi connectivity index (χ1) is 7.58. The van der Waals surface area contributed by atoms with Crippen molar-refractivity contribution in [2.24, 2.45) is 5.41 Å². The van der Waals surface area contributed by atoms with Gasteiger partial charge in [0.15, 0.2) is 0 Å². The molecule has 0 unspecified atom stereocenters. The number of esters is 1. The Morgan fingerprint density at radius 2 is 1.65 bits per heavy atom. The van der Waals surface area contributed by atoms with Gasteiger partial charge in [-0.25, -0.2) is 0 Å². The van der Waals surface area contributed by atoms with Crippen molar-refractivity contribution in [1.29, 1.82) is 0 Å². The minimum Gasteiger partial charge on any atom is -0.469 e. The summed E-state index contributed by atoms with van der Waals surface area (Å²) in [4.78, 5) is 22.9. The number of carbonyl (C=O) groups excluding carboxylic acids is 2. The summed E-state index contributed by atoms with van der Waals surface area (Å²) in [5, 5.41) is 5.78. The van der Waals surface area contributed by atoms with E-state index in [1.807, 2.05) is 20.8 Å². The third-order valence-electron chi connectivity index (χ3n) is 2.10. The fourth-order valence-corrected chi connectivity index (χ4v) is 1.30. The maximum absolute atomic E-state index is 11.5. The molecule has 0 rings (SSSR count). The van der Waals surface area contributed by atoms with Crippen LogP contribution in [0.2, 0.25) is 0 Å². The second kappa shape index (κ2) is 6.00. The van der Waals surface area contributed by atoms with Crippen molar-refractivity contribution in [3.63, 3.8) is 0 Å². The maximum atomic E-state index is 11.5. The van der Waals surface area contributed by atoms with Gasteiger partial charge in [-0.2, -0.15) is 0 Å². The van der Waals surface area contributed by atoms with E-state index in [1.54, 1.807) is 13.8 Å². The largest absolute Gasteiger partial charge is 0.469 e. The summed E-state index contributed by atoms with van der Waals surface area (Å²) < 4.78 is 4.67. The van der Waals surface area contributed by atoms with Gasteiger partial charge in [0.2, 0.25) is 5.91 Å². The Morgan fingerprint density at radius 1 is 1.12 bits per heavy atom. The van der Waals surface area contributed by atoms with Crippen LogP contribution in [0.25, 0.3) is 0 Å². The highest BCUT2D eigenvalue weighted by atomic mass is 16.5. The highest BCUT2D eigenvalue weighted by molar-refractivity contribution is 5.79. The van der Waals surface area contributed by atoms with E-state index in [0.29, 0.717) is 6.54 Å². The predicted molar refractivity (Wildman–Crippen MR) is 66.6 cm³/mol. The van der Waals surface area contributed by atoms with Gasteiger partial charge in [0.05, 0.1) is 19.1 Å². The minimum atomic E-state index is -0.628. The summed E-state index contributed by atoms with van der Waals surface area (Å²) in [5.41, 5.74) is -0.868. The van der Waals surface area contributed by atoms with Gasteiger partial charge in [0.25, 0.3) is 0 Å². The first-order valence-electron chi connectivity index (χ1n) is 5.68. The van der Waals surface area contributed by atoms with Gasteiger partial charge in [0.1, 0.15) is 0 Å². The molecular weight excluding hydrogens is 220 g/mol. The topological polar surface area (TPSA) is 67.4 Å². The molecule has 0 saturated carbocycles. The van der Waals surface area contributed by atoms with Crippen LogP contribution in [-0.2, 0) is 14.3 Å². The first-order valence-corrected chi connectivity index (χ1v) is 5.68. The van der Waals surface area contributed by atoms with Crippen molar-refractivity contribution in [1.82, 2.24) is 10.6 Å². The molecule has 5 heteroatoms. The number of hydrogen-bond donors (Lipinski definition) is 2. The third kappa shape index (κ3) is 6.94. The van der Waals surface area contributed by atoms with Crippen molar-refractivity contribution in [3.05, 3.63) is 0 Å². The van der Waals surface area contributed by atoms with Crippen molar-refractivity contribution in [3.8, 4) is 0 Å². The summed E-state index contributed by atoms with van der Waals surface area (Å²) in [7, 11) is 1.36. The van der Waals surface area contributed by atoms with E-state index in [-0.39, 0.29) is 24.0 Å².